The number of hydrogen-bond acceptors (Lipinski definition) is 4. The van der Waals surface area contributed by atoms with E-state index in [1.54, 1.807) is 0 Å². The van der Waals surface area contributed by atoms with Gasteiger partial charge in [0, 0.05) is 44.6 Å². The van der Waals surface area contributed by atoms with Crippen molar-refractivity contribution in [3.8, 4) is 39.7 Å². The van der Waals surface area contributed by atoms with Gasteiger partial charge >= 0.3 is 0 Å². The van der Waals surface area contributed by atoms with Crippen LogP contribution in [0.4, 0.5) is 17.1 Å². The first-order valence-corrected chi connectivity index (χ1v) is 17.7. The van der Waals surface area contributed by atoms with Crippen LogP contribution in [-0.4, -0.2) is 14.8 Å². The molecule has 0 fully saturated rings. The summed E-state index contributed by atoms with van der Waals surface area (Å²) in [7, 11) is 0. The van der Waals surface area contributed by atoms with E-state index in [0.717, 1.165) is 50.2 Å². The van der Waals surface area contributed by atoms with Crippen molar-refractivity contribution in [3.05, 3.63) is 194 Å². The lowest BCUT2D eigenvalue weighted by molar-refractivity contribution is 0.585. The molecule has 0 atom stereocenters. The number of benzene rings is 8. The molecule has 2 heterocycles. The van der Waals surface area contributed by atoms with Gasteiger partial charge in [0.05, 0.1) is 11.0 Å². The lowest BCUT2D eigenvalue weighted by Gasteiger charge is -2.25. The van der Waals surface area contributed by atoms with E-state index in [9.17, 15) is 0 Å². The molecule has 0 aliphatic carbocycles. The van der Waals surface area contributed by atoms with E-state index < -0.39 is 0 Å². The summed E-state index contributed by atoms with van der Waals surface area (Å²) in [5.41, 5.74) is 10.8. The number of hydrogen-bond donors (Lipinski definition) is 0. The third-order valence-electron chi connectivity index (χ3n) is 9.98. The summed E-state index contributed by atoms with van der Waals surface area (Å²) in [5, 5.41) is 13.5. The highest BCUT2D eigenvalue weighted by Crippen LogP contribution is 2.39. The number of nitrogens with zero attached hydrogens (tertiary/aromatic N) is 4. The molecule has 2 aromatic heterocycles. The lowest BCUT2D eigenvalue weighted by Crippen LogP contribution is -2.09. The van der Waals surface area contributed by atoms with Gasteiger partial charge in [-0.1, -0.05) is 109 Å². The van der Waals surface area contributed by atoms with Crippen molar-refractivity contribution in [2.24, 2.45) is 0 Å². The van der Waals surface area contributed by atoms with E-state index in [0.29, 0.717) is 11.8 Å². The topological polar surface area (TPSA) is 47.1 Å². The number of aromatic nitrogens is 3. The zero-order valence-electron chi connectivity index (χ0n) is 28.7. The summed E-state index contributed by atoms with van der Waals surface area (Å²) in [6, 6.07) is 68.0. The van der Waals surface area contributed by atoms with Crippen molar-refractivity contribution >= 4 is 49.6 Å². The van der Waals surface area contributed by atoms with Gasteiger partial charge in [-0.15, -0.1) is 10.2 Å². The molecule has 0 spiro atoms. The predicted molar refractivity (Wildman–Crippen MR) is 217 cm³/mol. The molecular formula is C48H32N4O. The second-order valence-electron chi connectivity index (χ2n) is 13.1. The fourth-order valence-electron chi connectivity index (χ4n) is 7.45. The van der Waals surface area contributed by atoms with Crippen LogP contribution in [0.1, 0.15) is 0 Å². The van der Waals surface area contributed by atoms with Gasteiger partial charge in [0.2, 0.25) is 11.8 Å². The normalized spacial score (nSPS) is 11.4. The maximum atomic E-state index is 6.23. The molecule has 0 aliphatic heterocycles. The predicted octanol–water partition coefficient (Wildman–Crippen LogP) is 12.8. The van der Waals surface area contributed by atoms with Crippen LogP contribution in [0.25, 0.3) is 72.3 Å². The van der Waals surface area contributed by atoms with Crippen LogP contribution >= 0.6 is 0 Å². The Morgan fingerprint density at radius 3 is 1.74 bits per heavy atom. The summed E-state index contributed by atoms with van der Waals surface area (Å²) in [6.07, 6.45) is 0. The Hall–Kier alpha value is -7.24. The summed E-state index contributed by atoms with van der Waals surface area (Å²) >= 11 is 0. The van der Waals surface area contributed by atoms with Crippen molar-refractivity contribution in [1.29, 1.82) is 0 Å². The quantitative estimate of drug-likeness (QED) is 0.168. The van der Waals surface area contributed by atoms with Crippen LogP contribution in [-0.2, 0) is 0 Å². The fraction of sp³-hybridized carbons (Fsp3) is 0. The van der Waals surface area contributed by atoms with Gasteiger partial charge < -0.3 is 13.9 Å². The summed E-state index contributed by atoms with van der Waals surface area (Å²) in [6.45, 7) is 0. The van der Waals surface area contributed by atoms with Gasteiger partial charge in [0.1, 0.15) is 0 Å². The zero-order chi connectivity index (χ0) is 35.1. The van der Waals surface area contributed by atoms with E-state index in [1.165, 1.54) is 27.4 Å². The average Bonchev–Trinajstić information content (AvgIpc) is 3.85. The lowest BCUT2D eigenvalue weighted by atomic mass is 10.0. The van der Waals surface area contributed by atoms with Crippen LogP contribution in [0.3, 0.4) is 0 Å². The first-order valence-electron chi connectivity index (χ1n) is 17.7. The molecule has 250 valence electrons. The largest absolute Gasteiger partial charge is 0.416 e. The van der Waals surface area contributed by atoms with Crippen LogP contribution in [0.5, 0.6) is 0 Å². The summed E-state index contributed by atoms with van der Waals surface area (Å²) in [4.78, 5) is 2.26. The molecule has 0 bridgehead atoms. The minimum absolute atomic E-state index is 0.485. The molecule has 0 saturated heterocycles. The van der Waals surface area contributed by atoms with Crippen molar-refractivity contribution < 1.29 is 4.42 Å². The van der Waals surface area contributed by atoms with Crippen LogP contribution in [0.2, 0.25) is 0 Å². The first kappa shape index (κ1) is 30.6. The molecule has 5 nitrogen and oxygen atoms in total. The van der Waals surface area contributed by atoms with E-state index in [-0.39, 0.29) is 0 Å². The second kappa shape index (κ2) is 12.8. The molecule has 0 saturated carbocycles. The molecule has 8 aromatic carbocycles. The molecular weight excluding hydrogens is 649 g/mol. The Morgan fingerprint density at radius 1 is 0.396 bits per heavy atom. The molecule has 10 aromatic rings. The van der Waals surface area contributed by atoms with Gasteiger partial charge in [-0.2, -0.15) is 0 Å². The average molecular weight is 681 g/mol. The minimum Gasteiger partial charge on any atom is -0.416 e. The van der Waals surface area contributed by atoms with Crippen LogP contribution in [0, 0.1) is 0 Å². The number of fused-ring (bicyclic) bond motifs is 4. The van der Waals surface area contributed by atoms with E-state index in [4.69, 9.17) is 4.42 Å². The molecule has 0 N–H and O–H groups in total. The molecule has 10 rings (SSSR count). The maximum absolute atomic E-state index is 6.23. The summed E-state index contributed by atoms with van der Waals surface area (Å²) < 4.78 is 8.58. The Morgan fingerprint density at radius 2 is 0.962 bits per heavy atom. The number of para-hydroxylation sites is 3. The Balaban J connectivity index is 0.979. The standard InChI is InChI=1S/C48H32N4O/c1-3-14-37(15-4-1)51(40-29-24-35(25-30-40)47-49-50-48(53-47)43-20-11-13-34-12-7-8-18-41(34)43)39-27-22-33(23-28-39)36-26-31-46-44(32-36)42-19-9-10-21-45(42)52(46)38-16-5-2-6-17-38/h1-32H. The molecule has 5 heteroatoms. The smallest absolute Gasteiger partial charge is 0.248 e. The van der Waals surface area contributed by atoms with E-state index >= 15 is 0 Å². The molecule has 0 amide bonds. The third-order valence-corrected chi connectivity index (χ3v) is 9.98. The highest BCUT2D eigenvalue weighted by atomic mass is 16.4. The third kappa shape index (κ3) is 5.43. The van der Waals surface area contributed by atoms with Crippen LogP contribution < -0.4 is 4.90 Å². The Labute approximate surface area is 306 Å². The van der Waals surface area contributed by atoms with Crippen molar-refractivity contribution in [3.63, 3.8) is 0 Å². The summed E-state index contributed by atoms with van der Waals surface area (Å²) in [5.74, 6) is 0.993. The van der Waals surface area contributed by atoms with Crippen LogP contribution in [0.15, 0.2) is 199 Å². The second-order valence-corrected chi connectivity index (χ2v) is 13.1. The molecule has 0 radical (unpaired) electrons. The zero-order valence-corrected chi connectivity index (χ0v) is 28.7. The molecule has 0 unspecified atom stereocenters. The van der Waals surface area contributed by atoms with Gasteiger partial charge in [-0.3, -0.25) is 0 Å². The van der Waals surface area contributed by atoms with E-state index in [2.05, 4.69) is 171 Å². The first-order chi connectivity index (χ1) is 26.3. The monoisotopic (exact) mass is 680 g/mol. The highest BCUT2D eigenvalue weighted by Gasteiger charge is 2.17. The van der Waals surface area contributed by atoms with Crippen molar-refractivity contribution in [2.75, 3.05) is 4.90 Å². The van der Waals surface area contributed by atoms with Gasteiger partial charge in [-0.05, 0) is 107 Å². The number of anilines is 3. The molecule has 53 heavy (non-hydrogen) atoms. The van der Waals surface area contributed by atoms with E-state index in [1.807, 2.05) is 42.5 Å². The fourth-order valence-corrected chi connectivity index (χ4v) is 7.45. The minimum atomic E-state index is 0.485. The van der Waals surface area contributed by atoms with Gasteiger partial charge in [0.25, 0.3) is 0 Å². The van der Waals surface area contributed by atoms with Crippen molar-refractivity contribution in [1.82, 2.24) is 14.8 Å². The van der Waals surface area contributed by atoms with Gasteiger partial charge in [-0.25, -0.2) is 0 Å². The molecule has 0 aliphatic rings. The highest BCUT2D eigenvalue weighted by molar-refractivity contribution is 6.10. The van der Waals surface area contributed by atoms with Gasteiger partial charge in [0.15, 0.2) is 0 Å². The van der Waals surface area contributed by atoms with Crippen molar-refractivity contribution in [2.45, 2.75) is 0 Å². The maximum Gasteiger partial charge on any atom is 0.248 e. The Kier molecular flexibility index (Phi) is 7.40. The number of rotatable bonds is 7. The SMILES string of the molecule is c1ccc(N(c2ccc(-c3ccc4c(c3)c3ccccc3n4-c3ccccc3)cc2)c2ccc(-c3nnc(-c4cccc5ccccc45)o3)cc2)cc1. The Bertz CT molecular complexity index is 2870.